The minimum atomic E-state index is -2.62. The third-order valence-corrected chi connectivity index (χ3v) is 2.73. The lowest BCUT2D eigenvalue weighted by Gasteiger charge is -2.19. The highest BCUT2D eigenvalue weighted by Gasteiger charge is 2.34. The zero-order chi connectivity index (χ0) is 10.3. The van der Waals surface area contributed by atoms with E-state index in [0.29, 0.717) is 11.4 Å². The molecule has 1 aliphatic heterocycles. The summed E-state index contributed by atoms with van der Waals surface area (Å²) in [4.78, 5) is 0.809. The van der Waals surface area contributed by atoms with Crippen LogP contribution in [0.4, 0.5) is 14.5 Å². The van der Waals surface area contributed by atoms with Crippen LogP contribution in [-0.2, 0) is 0 Å². The molecule has 0 N–H and O–H groups in total. The molecule has 0 fully saturated rings. The molecule has 1 heterocycles. The number of halogens is 3. The van der Waals surface area contributed by atoms with E-state index in [0.717, 1.165) is 9.37 Å². The highest BCUT2D eigenvalue weighted by Crippen LogP contribution is 2.41. The van der Waals surface area contributed by atoms with Gasteiger partial charge in [-0.1, -0.05) is 15.9 Å². The Kier molecular flexibility index (Phi) is 2.57. The van der Waals surface area contributed by atoms with Crippen molar-refractivity contribution in [1.82, 2.24) is 0 Å². The van der Waals surface area contributed by atoms with E-state index in [1.807, 2.05) is 0 Å². The maximum Gasteiger partial charge on any atom is 0.318 e. The van der Waals surface area contributed by atoms with Gasteiger partial charge in [0.05, 0.1) is 5.69 Å². The van der Waals surface area contributed by atoms with Crippen LogP contribution in [0.25, 0.3) is 0 Å². The first-order valence-electron chi connectivity index (χ1n) is 3.80. The fourth-order valence-electron chi connectivity index (χ4n) is 1.28. The molecule has 0 spiro atoms. The van der Waals surface area contributed by atoms with Crippen LogP contribution in [0.1, 0.15) is 0 Å². The Labute approximate surface area is 93.4 Å². The first-order chi connectivity index (χ1) is 6.59. The SMILES string of the molecule is FC(F)N1c2cc(Br)ccc2OC1S. The Hall–Kier alpha value is -0.490. The molecule has 1 aliphatic rings. The smallest absolute Gasteiger partial charge is 0.318 e. The predicted octanol–water partition coefficient (Wildman–Crippen LogP) is 3.08. The zero-order valence-corrected chi connectivity index (χ0v) is 9.30. The van der Waals surface area contributed by atoms with E-state index in [-0.39, 0.29) is 0 Å². The van der Waals surface area contributed by atoms with Crippen molar-refractivity contribution in [3.05, 3.63) is 22.7 Å². The molecule has 14 heavy (non-hydrogen) atoms. The van der Waals surface area contributed by atoms with Crippen molar-refractivity contribution in [2.45, 2.75) is 12.1 Å². The van der Waals surface area contributed by atoms with Gasteiger partial charge in [-0.3, -0.25) is 4.90 Å². The van der Waals surface area contributed by atoms with Gasteiger partial charge < -0.3 is 4.74 Å². The van der Waals surface area contributed by atoms with Crippen molar-refractivity contribution in [2.75, 3.05) is 4.90 Å². The van der Waals surface area contributed by atoms with E-state index in [9.17, 15) is 8.78 Å². The molecular formula is C8H6BrF2NOS. The fraction of sp³-hybridized carbons (Fsp3) is 0.250. The molecule has 0 amide bonds. The first-order valence-corrected chi connectivity index (χ1v) is 5.11. The molecule has 0 bridgehead atoms. The number of hydrogen-bond donors (Lipinski definition) is 1. The van der Waals surface area contributed by atoms with Crippen molar-refractivity contribution in [1.29, 1.82) is 0 Å². The third-order valence-electron chi connectivity index (χ3n) is 1.88. The van der Waals surface area contributed by atoms with Gasteiger partial charge in [0.1, 0.15) is 5.75 Å². The number of hydrogen-bond acceptors (Lipinski definition) is 3. The van der Waals surface area contributed by atoms with Crippen LogP contribution in [0.3, 0.4) is 0 Å². The lowest BCUT2D eigenvalue weighted by atomic mass is 10.3. The molecule has 1 aromatic carbocycles. The summed E-state index contributed by atoms with van der Waals surface area (Å²) >= 11 is 7.12. The van der Waals surface area contributed by atoms with Crippen molar-refractivity contribution in [2.24, 2.45) is 0 Å². The highest BCUT2D eigenvalue weighted by molar-refractivity contribution is 9.10. The van der Waals surface area contributed by atoms with Gasteiger partial charge in [0.2, 0.25) is 5.56 Å². The van der Waals surface area contributed by atoms with Crippen LogP contribution >= 0.6 is 28.6 Å². The van der Waals surface area contributed by atoms with Gasteiger partial charge in [-0.15, -0.1) is 12.6 Å². The van der Waals surface area contributed by atoms with E-state index >= 15 is 0 Å². The Bertz CT molecular complexity index is 363. The molecule has 1 aromatic rings. The molecule has 0 aromatic heterocycles. The van der Waals surface area contributed by atoms with E-state index in [2.05, 4.69) is 28.6 Å². The molecule has 0 radical (unpaired) electrons. The van der Waals surface area contributed by atoms with Crippen molar-refractivity contribution in [3.8, 4) is 5.75 Å². The van der Waals surface area contributed by atoms with Crippen LogP contribution in [0, 0.1) is 0 Å². The summed E-state index contributed by atoms with van der Waals surface area (Å²) in [6, 6.07) is 4.94. The second-order valence-electron chi connectivity index (χ2n) is 2.74. The maximum absolute atomic E-state index is 12.6. The van der Waals surface area contributed by atoms with E-state index < -0.39 is 12.1 Å². The molecule has 2 nitrogen and oxygen atoms in total. The fourth-order valence-corrected chi connectivity index (χ4v) is 1.97. The summed E-state index contributed by atoms with van der Waals surface area (Å²) in [6.45, 7) is -2.62. The summed E-state index contributed by atoms with van der Waals surface area (Å²) in [6.07, 6.45) is 0. The molecule has 76 valence electrons. The summed E-state index contributed by atoms with van der Waals surface area (Å²) < 4.78 is 31.0. The predicted molar refractivity (Wildman–Crippen MR) is 56.0 cm³/mol. The number of benzene rings is 1. The van der Waals surface area contributed by atoms with E-state index in [1.165, 1.54) is 0 Å². The molecule has 0 saturated carbocycles. The Morgan fingerprint density at radius 3 is 2.86 bits per heavy atom. The largest absolute Gasteiger partial charge is 0.459 e. The van der Waals surface area contributed by atoms with Crippen LogP contribution in [0.5, 0.6) is 5.75 Å². The van der Waals surface area contributed by atoms with Gasteiger partial charge in [0.15, 0.2) is 0 Å². The maximum atomic E-state index is 12.6. The van der Waals surface area contributed by atoms with Crippen molar-refractivity contribution >= 4 is 34.2 Å². The molecule has 2 rings (SSSR count). The molecule has 1 unspecified atom stereocenters. The monoisotopic (exact) mass is 281 g/mol. The minimum absolute atomic E-state index is 0.356. The minimum Gasteiger partial charge on any atom is -0.459 e. The molecule has 0 saturated heterocycles. The van der Waals surface area contributed by atoms with Gasteiger partial charge >= 0.3 is 6.55 Å². The van der Waals surface area contributed by atoms with Gasteiger partial charge in [-0.2, -0.15) is 8.78 Å². The number of rotatable bonds is 1. The topological polar surface area (TPSA) is 12.5 Å². The molecule has 6 heteroatoms. The van der Waals surface area contributed by atoms with Crippen molar-refractivity contribution < 1.29 is 13.5 Å². The summed E-state index contributed by atoms with van der Waals surface area (Å²) in [5, 5.41) is 0. The molecule has 1 atom stereocenters. The number of fused-ring (bicyclic) bond motifs is 1. The first kappa shape index (κ1) is 10.0. The zero-order valence-electron chi connectivity index (χ0n) is 6.82. The molecule has 0 aliphatic carbocycles. The number of ether oxygens (including phenoxy) is 1. The lowest BCUT2D eigenvalue weighted by Crippen LogP contribution is -2.34. The van der Waals surface area contributed by atoms with Gasteiger partial charge in [0.25, 0.3) is 0 Å². The lowest BCUT2D eigenvalue weighted by molar-refractivity contribution is 0.120. The summed E-state index contributed by atoms with van der Waals surface area (Å²) in [5.74, 6) is 0.425. The second kappa shape index (κ2) is 3.58. The van der Waals surface area contributed by atoms with Crippen LogP contribution in [0.2, 0.25) is 0 Å². The number of thiol groups is 1. The number of nitrogens with zero attached hydrogens (tertiary/aromatic N) is 1. The third kappa shape index (κ3) is 1.56. The molecular weight excluding hydrogens is 276 g/mol. The van der Waals surface area contributed by atoms with Crippen LogP contribution in [-0.4, -0.2) is 12.1 Å². The Morgan fingerprint density at radius 1 is 1.50 bits per heavy atom. The Balaban J connectivity index is 2.44. The summed E-state index contributed by atoms with van der Waals surface area (Å²) in [7, 11) is 0. The Morgan fingerprint density at radius 2 is 2.21 bits per heavy atom. The van der Waals surface area contributed by atoms with E-state index in [4.69, 9.17) is 4.74 Å². The average molecular weight is 282 g/mol. The quantitative estimate of drug-likeness (QED) is 0.627. The van der Waals surface area contributed by atoms with Gasteiger partial charge in [0, 0.05) is 4.47 Å². The second-order valence-corrected chi connectivity index (χ2v) is 4.10. The highest BCUT2D eigenvalue weighted by atomic mass is 79.9. The average Bonchev–Trinajstić information content (AvgIpc) is 2.40. The normalized spacial score (nSPS) is 19.8. The van der Waals surface area contributed by atoms with Crippen molar-refractivity contribution in [3.63, 3.8) is 0 Å². The van der Waals surface area contributed by atoms with E-state index in [1.54, 1.807) is 18.2 Å². The number of alkyl halides is 2. The summed E-state index contributed by atoms with van der Waals surface area (Å²) in [5.41, 5.74) is -0.561. The van der Waals surface area contributed by atoms with Gasteiger partial charge in [-0.25, -0.2) is 0 Å². The van der Waals surface area contributed by atoms with Gasteiger partial charge in [-0.05, 0) is 18.2 Å². The number of anilines is 1. The standard InChI is InChI=1S/C8H6BrF2NOS/c9-4-1-2-6-5(3-4)12(7(10)11)8(14)13-6/h1-3,7-8,14H. The van der Waals surface area contributed by atoms with Crippen LogP contribution < -0.4 is 9.64 Å². The van der Waals surface area contributed by atoms with Crippen LogP contribution in [0.15, 0.2) is 22.7 Å².